The number of fused-ring (bicyclic) bond motifs is 1. The number of para-hydroxylation sites is 2. The first-order chi connectivity index (χ1) is 12.5. The van der Waals surface area contributed by atoms with Crippen LogP contribution in [0.5, 0.6) is 0 Å². The molecule has 8 heteroatoms. The summed E-state index contributed by atoms with van der Waals surface area (Å²) in [6, 6.07) is 7.69. The molecule has 0 saturated carbocycles. The quantitative estimate of drug-likeness (QED) is 0.690. The Kier molecular flexibility index (Phi) is 4.20. The number of morpholine rings is 1. The van der Waals surface area contributed by atoms with Crippen LogP contribution in [0.1, 0.15) is 13.8 Å². The van der Waals surface area contributed by atoms with Gasteiger partial charge in [0.15, 0.2) is 0 Å². The van der Waals surface area contributed by atoms with E-state index in [9.17, 15) is 4.79 Å². The van der Waals surface area contributed by atoms with Gasteiger partial charge in [-0.05, 0) is 26.0 Å². The minimum atomic E-state index is -0.380. The Morgan fingerprint density at radius 1 is 1.19 bits per heavy atom. The second kappa shape index (κ2) is 6.41. The molecule has 136 valence electrons. The van der Waals surface area contributed by atoms with Gasteiger partial charge in [-0.3, -0.25) is 4.79 Å². The van der Waals surface area contributed by atoms with E-state index in [0.717, 1.165) is 11.0 Å². The minimum absolute atomic E-state index is 0.0667. The van der Waals surface area contributed by atoms with Crippen LogP contribution in [0.25, 0.3) is 17.0 Å². The summed E-state index contributed by atoms with van der Waals surface area (Å²) in [6.45, 7) is 5.35. The lowest BCUT2D eigenvalue weighted by Gasteiger charge is -2.36. The third-order valence-corrected chi connectivity index (χ3v) is 4.97. The zero-order valence-electron chi connectivity index (χ0n) is 14.9. The van der Waals surface area contributed by atoms with Crippen LogP contribution < -0.4 is 10.5 Å². The van der Waals surface area contributed by atoms with Crippen molar-refractivity contribution < 1.29 is 4.74 Å². The molecule has 1 saturated heterocycles. The molecule has 1 aliphatic rings. The molecule has 1 aliphatic heterocycles. The fraction of sp³-hybridized carbons (Fsp3) is 0.389. The Bertz CT molecular complexity index is 1020. The van der Waals surface area contributed by atoms with Crippen molar-refractivity contribution in [1.82, 2.24) is 19.3 Å². The molecule has 0 N–H and O–H groups in total. The number of anilines is 1. The molecular formula is C18H20ClN5O2. The van der Waals surface area contributed by atoms with Gasteiger partial charge >= 0.3 is 0 Å². The topological polar surface area (TPSA) is 65.2 Å². The zero-order valence-corrected chi connectivity index (χ0v) is 15.6. The van der Waals surface area contributed by atoms with Gasteiger partial charge < -0.3 is 14.2 Å². The van der Waals surface area contributed by atoms with Crippen molar-refractivity contribution in [1.29, 1.82) is 0 Å². The van der Waals surface area contributed by atoms with E-state index < -0.39 is 0 Å². The first kappa shape index (κ1) is 17.1. The summed E-state index contributed by atoms with van der Waals surface area (Å²) < 4.78 is 8.83. The monoisotopic (exact) mass is 373 g/mol. The molecule has 2 aromatic heterocycles. The van der Waals surface area contributed by atoms with Crippen LogP contribution in [-0.4, -0.2) is 44.6 Å². The average Bonchev–Trinajstić information content (AvgIpc) is 2.93. The van der Waals surface area contributed by atoms with Crippen molar-refractivity contribution in [3.05, 3.63) is 45.8 Å². The van der Waals surface area contributed by atoms with E-state index in [-0.39, 0.29) is 22.8 Å². The predicted octanol–water partition coefficient (Wildman–Crippen LogP) is 2.39. The van der Waals surface area contributed by atoms with Crippen LogP contribution in [0.3, 0.4) is 0 Å². The van der Waals surface area contributed by atoms with Crippen LogP contribution >= 0.6 is 11.6 Å². The summed E-state index contributed by atoms with van der Waals surface area (Å²) in [6.07, 6.45) is 1.77. The summed E-state index contributed by atoms with van der Waals surface area (Å²) in [5.41, 5.74) is 1.98. The summed E-state index contributed by atoms with van der Waals surface area (Å²) >= 11 is 6.44. The van der Waals surface area contributed by atoms with Gasteiger partial charge in [0, 0.05) is 20.1 Å². The SMILES string of the molecule is CC1CN(c2cnn(-c3nc4ccccc4n3C)c(=O)c2Cl)CC(C)O1. The predicted molar refractivity (Wildman–Crippen MR) is 101 cm³/mol. The number of nitrogens with zero attached hydrogens (tertiary/aromatic N) is 5. The molecule has 7 nitrogen and oxygen atoms in total. The lowest BCUT2D eigenvalue weighted by atomic mass is 10.2. The summed E-state index contributed by atoms with van der Waals surface area (Å²) in [4.78, 5) is 19.5. The molecule has 0 bridgehead atoms. The molecule has 0 amide bonds. The van der Waals surface area contributed by atoms with Crippen molar-refractivity contribution in [3.63, 3.8) is 0 Å². The summed E-state index contributed by atoms with van der Waals surface area (Å²) in [5.74, 6) is 0.438. The highest BCUT2D eigenvalue weighted by atomic mass is 35.5. The zero-order chi connectivity index (χ0) is 18.4. The van der Waals surface area contributed by atoms with Gasteiger partial charge in [-0.25, -0.2) is 4.98 Å². The Hall–Kier alpha value is -2.38. The minimum Gasteiger partial charge on any atom is -0.372 e. The number of imidazole rings is 1. The van der Waals surface area contributed by atoms with Crippen molar-refractivity contribution in [2.24, 2.45) is 7.05 Å². The standard InChI is InChI=1S/C18H20ClN5O2/c1-11-9-23(10-12(2)26-11)15-8-20-24(17(25)16(15)19)18-21-13-6-4-5-7-14(13)22(18)3/h4-8,11-12H,9-10H2,1-3H3. The van der Waals surface area contributed by atoms with Gasteiger partial charge in [0.25, 0.3) is 5.56 Å². The van der Waals surface area contributed by atoms with Gasteiger partial charge in [-0.1, -0.05) is 23.7 Å². The number of halogens is 1. The number of ether oxygens (including phenoxy) is 1. The fourth-order valence-corrected chi connectivity index (χ4v) is 3.73. The molecule has 0 aliphatic carbocycles. The van der Waals surface area contributed by atoms with Crippen LogP contribution in [-0.2, 0) is 11.8 Å². The summed E-state index contributed by atoms with van der Waals surface area (Å²) in [5, 5.41) is 4.49. The van der Waals surface area contributed by atoms with Crippen molar-refractivity contribution in [2.75, 3.05) is 18.0 Å². The van der Waals surface area contributed by atoms with E-state index in [1.54, 1.807) is 6.20 Å². The van der Waals surface area contributed by atoms with Gasteiger partial charge in [-0.15, -0.1) is 0 Å². The molecule has 0 radical (unpaired) electrons. The highest BCUT2D eigenvalue weighted by molar-refractivity contribution is 6.33. The third-order valence-electron chi connectivity index (χ3n) is 4.61. The van der Waals surface area contributed by atoms with Crippen LogP contribution in [0.2, 0.25) is 5.02 Å². The first-order valence-electron chi connectivity index (χ1n) is 8.55. The van der Waals surface area contributed by atoms with Gasteiger partial charge in [0.2, 0.25) is 5.95 Å². The van der Waals surface area contributed by atoms with E-state index in [0.29, 0.717) is 24.7 Å². The molecule has 3 aromatic rings. The third kappa shape index (κ3) is 2.77. The molecule has 4 rings (SSSR count). The number of aryl methyl sites for hydroxylation is 1. The molecule has 0 spiro atoms. The Labute approximate surface area is 155 Å². The highest BCUT2D eigenvalue weighted by Gasteiger charge is 2.26. The highest BCUT2D eigenvalue weighted by Crippen LogP contribution is 2.25. The van der Waals surface area contributed by atoms with Gasteiger partial charge in [0.05, 0.1) is 35.1 Å². The molecule has 2 unspecified atom stereocenters. The van der Waals surface area contributed by atoms with E-state index >= 15 is 0 Å². The molecule has 1 aromatic carbocycles. The van der Waals surface area contributed by atoms with Crippen LogP contribution in [0.4, 0.5) is 5.69 Å². The number of aromatic nitrogens is 4. The molecule has 1 fully saturated rings. The number of hydrogen-bond acceptors (Lipinski definition) is 5. The van der Waals surface area contributed by atoms with Crippen molar-refractivity contribution in [3.8, 4) is 5.95 Å². The van der Waals surface area contributed by atoms with E-state index in [2.05, 4.69) is 15.0 Å². The van der Waals surface area contributed by atoms with E-state index in [1.165, 1.54) is 4.68 Å². The second-order valence-electron chi connectivity index (χ2n) is 6.68. The Balaban J connectivity index is 1.79. The normalized spacial score (nSPS) is 20.7. The van der Waals surface area contributed by atoms with Crippen LogP contribution in [0.15, 0.2) is 35.3 Å². The smallest absolute Gasteiger partial charge is 0.295 e. The van der Waals surface area contributed by atoms with Gasteiger partial charge in [0.1, 0.15) is 5.02 Å². The van der Waals surface area contributed by atoms with Crippen molar-refractivity contribution in [2.45, 2.75) is 26.1 Å². The molecule has 26 heavy (non-hydrogen) atoms. The maximum Gasteiger partial charge on any atom is 0.295 e. The Morgan fingerprint density at radius 3 is 2.58 bits per heavy atom. The molecular weight excluding hydrogens is 354 g/mol. The summed E-state index contributed by atoms with van der Waals surface area (Å²) in [7, 11) is 1.85. The Morgan fingerprint density at radius 2 is 1.88 bits per heavy atom. The molecule has 2 atom stereocenters. The maximum absolute atomic E-state index is 12.9. The molecule has 3 heterocycles. The van der Waals surface area contributed by atoms with E-state index in [4.69, 9.17) is 16.3 Å². The van der Waals surface area contributed by atoms with Gasteiger partial charge in [-0.2, -0.15) is 9.78 Å². The average molecular weight is 374 g/mol. The number of rotatable bonds is 2. The maximum atomic E-state index is 12.9. The van der Waals surface area contributed by atoms with E-state index in [1.807, 2.05) is 49.7 Å². The number of benzene rings is 1. The van der Waals surface area contributed by atoms with Crippen molar-refractivity contribution >= 4 is 28.3 Å². The first-order valence-corrected chi connectivity index (χ1v) is 8.93. The lowest BCUT2D eigenvalue weighted by molar-refractivity contribution is -0.00524. The second-order valence-corrected chi connectivity index (χ2v) is 7.06. The number of hydrogen-bond donors (Lipinski definition) is 0. The fourth-order valence-electron chi connectivity index (χ4n) is 3.48. The largest absolute Gasteiger partial charge is 0.372 e. The lowest BCUT2D eigenvalue weighted by Crippen LogP contribution is -2.46. The van der Waals surface area contributed by atoms with Crippen LogP contribution in [0, 0.1) is 0 Å².